The maximum atomic E-state index is 13.7. The molecular weight excluding hydrogens is 345 g/mol. The van der Waals surface area contributed by atoms with Crippen LogP contribution in [0.25, 0.3) is 0 Å². The zero-order chi connectivity index (χ0) is 19.8. The highest BCUT2D eigenvalue weighted by molar-refractivity contribution is 5.79. The van der Waals surface area contributed by atoms with E-state index in [2.05, 4.69) is 34.6 Å². The molecule has 1 aromatic heterocycles. The van der Waals surface area contributed by atoms with E-state index in [0.717, 1.165) is 18.5 Å². The molecule has 1 atom stereocenters. The summed E-state index contributed by atoms with van der Waals surface area (Å²) < 4.78 is 21.3. The molecule has 0 bridgehead atoms. The lowest BCUT2D eigenvalue weighted by molar-refractivity contribution is 0.214. The van der Waals surface area contributed by atoms with Crippen LogP contribution in [0.5, 0.6) is 5.75 Å². The minimum absolute atomic E-state index is 0.212. The molecule has 0 fully saturated rings. The summed E-state index contributed by atoms with van der Waals surface area (Å²) in [5.41, 5.74) is 3.56. The normalized spacial score (nSPS) is 12.7. The second-order valence-electron chi connectivity index (χ2n) is 6.37. The Morgan fingerprint density at radius 2 is 2.00 bits per heavy atom. The predicted molar refractivity (Wildman–Crippen MR) is 107 cm³/mol. The van der Waals surface area contributed by atoms with Gasteiger partial charge in [-0.1, -0.05) is 26.0 Å². The van der Waals surface area contributed by atoms with Crippen molar-refractivity contribution in [2.24, 2.45) is 12.0 Å². The highest BCUT2D eigenvalue weighted by Gasteiger charge is 2.14. The molecular formula is C20H30FN5O. The molecule has 0 aliphatic heterocycles. The first-order chi connectivity index (χ1) is 13.0. The van der Waals surface area contributed by atoms with E-state index < -0.39 is 0 Å². The minimum atomic E-state index is -0.359. The maximum absolute atomic E-state index is 13.7. The molecule has 2 rings (SSSR count). The van der Waals surface area contributed by atoms with E-state index in [9.17, 15) is 4.39 Å². The molecule has 2 N–H and O–H groups in total. The number of para-hydroxylation sites is 1. The molecule has 0 saturated heterocycles. The first-order valence-electron chi connectivity index (χ1n) is 9.39. The summed E-state index contributed by atoms with van der Waals surface area (Å²) in [5, 5.41) is 11.2. The number of rotatable bonds is 8. The van der Waals surface area contributed by atoms with Crippen molar-refractivity contribution in [3.8, 4) is 5.75 Å². The predicted octanol–water partition coefficient (Wildman–Crippen LogP) is 2.82. The zero-order valence-corrected chi connectivity index (χ0v) is 16.8. The van der Waals surface area contributed by atoms with Crippen LogP contribution in [0, 0.1) is 5.82 Å². The van der Waals surface area contributed by atoms with Crippen molar-refractivity contribution in [2.45, 2.75) is 46.3 Å². The summed E-state index contributed by atoms with van der Waals surface area (Å²) in [6, 6.07) is 6.41. The zero-order valence-electron chi connectivity index (χ0n) is 16.8. The van der Waals surface area contributed by atoms with Crippen LogP contribution in [0.15, 0.2) is 29.3 Å². The second-order valence-corrected chi connectivity index (χ2v) is 6.37. The van der Waals surface area contributed by atoms with Gasteiger partial charge in [0.25, 0.3) is 0 Å². The van der Waals surface area contributed by atoms with Crippen LogP contribution < -0.4 is 15.4 Å². The molecule has 1 heterocycles. The number of nitrogens with zero attached hydrogens (tertiary/aromatic N) is 3. The lowest BCUT2D eigenvalue weighted by atomic mass is 10.1. The van der Waals surface area contributed by atoms with Gasteiger partial charge in [0.2, 0.25) is 0 Å². The average Bonchev–Trinajstić information content (AvgIpc) is 2.98. The standard InChI is InChI=1S/C20H30FN5O/c1-6-17-15(18(7-2)26(5)25-17)13-24-20(22-4)23-12-14(3)27-19-11-9-8-10-16(19)21/h8-11,14H,6-7,12-13H2,1-5H3,(H2,22,23,24). The molecule has 0 saturated carbocycles. The van der Waals surface area contributed by atoms with Gasteiger partial charge in [-0.2, -0.15) is 5.10 Å². The number of hydrogen-bond donors (Lipinski definition) is 2. The van der Waals surface area contributed by atoms with Crippen molar-refractivity contribution < 1.29 is 9.13 Å². The van der Waals surface area contributed by atoms with E-state index in [1.54, 1.807) is 25.2 Å². The Hall–Kier alpha value is -2.57. The number of halogens is 1. The molecule has 0 aliphatic carbocycles. The van der Waals surface area contributed by atoms with Gasteiger partial charge < -0.3 is 15.4 Å². The average molecular weight is 375 g/mol. The van der Waals surface area contributed by atoms with Gasteiger partial charge in [-0.3, -0.25) is 9.67 Å². The lowest BCUT2D eigenvalue weighted by Crippen LogP contribution is -2.41. The first kappa shape index (κ1) is 20.7. The third kappa shape index (κ3) is 5.45. The third-order valence-electron chi connectivity index (χ3n) is 4.41. The van der Waals surface area contributed by atoms with Gasteiger partial charge in [-0.05, 0) is 31.9 Å². The summed E-state index contributed by atoms with van der Waals surface area (Å²) in [6.45, 7) is 7.29. The van der Waals surface area contributed by atoms with Crippen molar-refractivity contribution >= 4 is 5.96 Å². The Balaban J connectivity index is 1.90. The quantitative estimate of drug-likeness (QED) is 0.550. The summed E-state index contributed by atoms with van der Waals surface area (Å²) in [6.07, 6.45) is 1.61. The molecule has 0 radical (unpaired) electrons. The number of benzene rings is 1. The number of hydrogen-bond acceptors (Lipinski definition) is 3. The van der Waals surface area contributed by atoms with Crippen LogP contribution in [-0.4, -0.2) is 35.4 Å². The van der Waals surface area contributed by atoms with Crippen molar-refractivity contribution in [1.29, 1.82) is 0 Å². The molecule has 148 valence electrons. The minimum Gasteiger partial charge on any atom is -0.486 e. The Labute approximate surface area is 160 Å². The van der Waals surface area contributed by atoms with E-state index in [4.69, 9.17) is 4.74 Å². The number of guanidine groups is 1. The molecule has 1 aromatic carbocycles. The van der Waals surface area contributed by atoms with Crippen LogP contribution >= 0.6 is 0 Å². The number of aromatic nitrogens is 2. The van der Waals surface area contributed by atoms with Crippen molar-refractivity contribution in [1.82, 2.24) is 20.4 Å². The smallest absolute Gasteiger partial charge is 0.191 e. The van der Waals surface area contributed by atoms with Crippen LogP contribution in [0.1, 0.15) is 37.7 Å². The van der Waals surface area contributed by atoms with E-state index in [1.165, 1.54) is 17.3 Å². The fourth-order valence-corrected chi connectivity index (χ4v) is 3.03. The van der Waals surface area contributed by atoms with Crippen molar-refractivity contribution in [3.05, 3.63) is 47.0 Å². The molecule has 2 aromatic rings. The molecule has 7 heteroatoms. The maximum Gasteiger partial charge on any atom is 0.191 e. The summed E-state index contributed by atoms with van der Waals surface area (Å²) in [7, 11) is 3.71. The third-order valence-corrected chi connectivity index (χ3v) is 4.41. The van der Waals surface area contributed by atoms with Gasteiger partial charge in [0.1, 0.15) is 6.10 Å². The van der Waals surface area contributed by atoms with Crippen molar-refractivity contribution in [2.75, 3.05) is 13.6 Å². The van der Waals surface area contributed by atoms with E-state index >= 15 is 0 Å². The number of aryl methyl sites for hydroxylation is 2. The largest absolute Gasteiger partial charge is 0.486 e. The van der Waals surface area contributed by atoms with E-state index in [0.29, 0.717) is 19.0 Å². The SMILES string of the molecule is CCc1nn(C)c(CC)c1CNC(=NC)NCC(C)Oc1ccccc1F. The topological polar surface area (TPSA) is 63.5 Å². The van der Waals surface area contributed by atoms with Crippen LogP contribution in [0.4, 0.5) is 4.39 Å². The summed E-state index contributed by atoms with van der Waals surface area (Å²) in [5.74, 6) is 0.569. The van der Waals surface area contributed by atoms with E-state index in [1.807, 2.05) is 18.7 Å². The number of nitrogens with one attached hydrogen (secondary N) is 2. The van der Waals surface area contributed by atoms with Gasteiger partial charge in [-0.15, -0.1) is 0 Å². The Bertz CT molecular complexity index is 772. The second kappa shape index (κ2) is 9.94. The molecule has 0 amide bonds. The van der Waals surface area contributed by atoms with Gasteiger partial charge in [0, 0.05) is 31.9 Å². The number of aliphatic imine (C=N–C) groups is 1. The molecule has 6 nitrogen and oxygen atoms in total. The van der Waals surface area contributed by atoms with Gasteiger partial charge >= 0.3 is 0 Å². The van der Waals surface area contributed by atoms with Crippen LogP contribution in [-0.2, 0) is 26.4 Å². The highest BCUT2D eigenvalue weighted by Crippen LogP contribution is 2.17. The molecule has 27 heavy (non-hydrogen) atoms. The van der Waals surface area contributed by atoms with Gasteiger partial charge in [-0.25, -0.2) is 4.39 Å². The Kier molecular flexibility index (Phi) is 7.64. The fraction of sp³-hybridized carbons (Fsp3) is 0.500. The Morgan fingerprint density at radius 3 is 2.63 bits per heavy atom. The van der Waals surface area contributed by atoms with Gasteiger partial charge in [0.15, 0.2) is 17.5 Å². The van der Waals surface area contributed by atoms with Crippen LogP contribution in [0.3, 0.4) is 0 Å². The lowest BCUT2D eigenvalue weighted by Gasteiger charge is -2.18. The molecule has 0 aliphatic rings. The monoisotopic (exact) mass is 375 g/mol. The summed E-state index contributed by atoms with van der Waals surface area (Å²) in [4.78, 5) is 4.26. The van der Waals surface area contributed by atoms with Gasteiger partial charge in [0.05, 0.1) is 12.2 Å². The Morgan fingerprint density at radius 1 is 1.26 bits per heavy atom. The fourth-order valence-electron chi connectivity index (χ4n) is 3.03. The highest BCUT2D eigenvalue weighted by atomic mass is 19.1. The number of ether oxygens (including phenoxy) is 1. The summed E-state index contributed by atoms with van der Waals surface area (Å²) >= 11 is 0. The van der Waals surface area contributed by atoms with E-state index in [-0.39, 0.29) is 17.7 Å². The molecule has 0 spiro atoms. The van der Waals surface area contributed by atoms with Crippen LogP contribution in [0.2, 0.25) is 0 Å². The van der Waals surface area contributed by atoms with Crippen molar-refractivity contribution in [3.63, 3.8) is 0 Å². The molecule has 1 unspecified atom stereocenters. The first-order valence-corrected chi connectivity index (χ1v) is 9.39.